The van der Waals surface area contributed by atoms with Crippen molar-refractivity contribution in [1.29, 1.82) is 0 Å². The van der Waals surface area contributed by atoms with E-state index >= 15 is 0 Å². The van der Waals surface area contributed by atoms with Crippen molar-refractivity contribution in [3.8, 4) is 11.5 Å². The van der Waals surface area contributed by atoms with Crippen molar-refractivity contribution in [2.45, 2.75) is 12.6 Å². The first-order valence-corrected chi connectivity index (χ1v) is 9.79. The Labute approximate surface area is 187 Å². The van der Waals surface area contributed by atoms with Crippen LogP contribution in [0.3, 0.4) is 0 Å². The zero-order valence-corrected chi connectivity index (χ0v) is 17.8. The standard InChI is InChI=1S/C22H21F3N2O6/c1-31-14-7-8-18(32-2)17(10-14)27-11-13(9-20(27)29)21(30)33-12-19(28)26-16-6-4-3-5-15(16)22(23,24)25/h3-8,10,13H,9,11-12H2,1-2H3,(H,26,28)/t13-/m0/s1. The number of nitrogens with one attached hydrogen (secondary N) is 1. The molecule has 1 N–H and O–H groups in total. The van der Waals surface area contributed by atoms with E-state index in [0.717, 1.165) is 12.1 Å². The lowest BCUT2D eigenvalue weighted by Gasteiger charge is -2.20. The Hall–Kier alpha value is -3.76. The Morgan fingerprint density at radius 2 is 1.85 bits per heavy atom. The molecule has 0 aromatic heterocycles. The minimum atomic E-state index is -4.66. The van der Waals surface area contributed by atoms with E-state index in [1.165, 1.54) is 31.3 Å². The number of para-hydroxylation sites is 1. The summed E-state index contributed by atoms with van der Waals surface area (Å²) in [5.41, 5.74) is -1.05. The number of methoxy groups -OCH3 is 2. The van der Waals surface area contributed by atoms with Crippen LogP contribution >= 0.6 is 0 Å². The second-order valence-corrected chi connectivity index (χ2v) is 7.14. The predicted octanol–water partition coefficient (Wildman–Crippen LogP) is 3.26. The van der Waals surface area contributed by atoms with Gasteiger partial charge in [0.2, 0.25) is 5.91 Å². The van der Waals surface area contributed by atoms with E-state index in [1.807, 2.05) is 0 Å². The normalized spacial score (nSPS) is 15.8. The molecule has 1 saturated heterocycles. The van der Waals surface area contributed by atoms with Crippen LogP contribution in [-0.2, 0) is 25.3 Å². The summed E-state index contributed by atoms with van der Waals surface area (Å²) in [4.78, 5) is 38.3. The maximum atomic E-state index is 13.0. The van der Waals surface area contributed by atoms with Gasteiger partial charge in [-0.25, -0.2) is 0 Å². The van der Waals surface area contributed by atoms with E-state index in [1.54, 1.807) is 18.2 Å². The summed E-state index contributed by atoms with van der Waals surface area (Å²) in [6.07, 6.45) is -4.81. The van der Waals surface area contributed by atoms with Crippen LogP contribution in [0.5, 0.6) is 11.5 Å². The number of rotatable bonds is 7. The number of halogens is 3. The molecule has 0 radical (unpaired) electrons. The fourth-order valence-corrected chi connectivity index (χ4v) is 3.39. The van der Waals surface area contributed by atoms with Crippen LogP contribution in [0.15, 0.2) is 42.5 Å². The van der Waals surface area contributed by atoms with E-state index in [0.29, 0.717) is 17.2 Å². The Morgan fingerprint density at radius 3 is 2.52 bits per heavy atom. The van der Waals surface area contributed by atoms with Crippen LogP contribution in [0.4, 0.5) is 24.5 Å². The van der Waals surface area contributed by atoms with Crippen molar-refractivity contribution in [1.82, 2.24) is 0 Å². The largest absolute Gasteiger partial charge is 0.497 e. The van der Waals surface area contributed by atoms with Crippen LogP contribution in [-0.4, -0.2) is 45.2 Å². The second kappa shape index (κ2) is 9.80. The second-order valence-electron chi connectivity index (χ2n) is 7.14. The maximum absolute atomic E-state index is 13.0. The summed E-state index contributed by atoms with van der Waals surface area (Å²) < 4.78 is 54.5. The van der Waals surface area contributed by atoms with Gasteiger partial charge in [-0.15, -0.1) is 0 Å². The van der Waals surface area contributed by atoms with Gasteiger partial charge in [0.05, 0.1) is 37.1 Å². The van der Waals surface area contributed by atoms with Crippen molar-refractivity contribution in [3.63, 3.8) is 0 Å². The van der Waals surface area contributed by atoms with Gasteiger partial charge in [0.25, 0.3) is 5.91 Å². The minimum absolute atomic E-state index is 0.0142. The Kier molecular flexibility index (Phi) is 7.10. The summed E-state index contributed by atoms with van der Waals surface area (Å²) in [6.45, 7) is -0.808. The molecular weight excluding hydrogens is 445 g/mol. The number of alkyl halides is 3. The highest BCUT2D eigenvalue weighted by Crippen LogP contribution is 2.36. The van der Waals surface area contributed by atoms with Crippen LogP contribution in [0, 0.1) is 5.92 Å². The summed E-state index contributed by atoms with van der Waals surface area (Å²) in [7, 11) is 2.91. The quantitative estimate of drug-likeness (QED) is 0.630. The monoisotopic (exact) mass is 466 g/mol. The van der Waals surface area contributed by atoms with Gasteiger partial charge in [-0.2, -0.15) is 13.2 Å². The fourth-order valence-electron chi connectivity index (χ4n) is 3.39. The lowest BCUT2D eigenvalue weighted by Crippen LogP contribution is -2.28. The molecule has 0 saturated carbocycles. The summed E-state index contributed by atoms with van der Waals surface area (Å²) in [6, 6.07) is 9.32. The van der Waals surface area contributed by atoms with E-state index in [4.69, 9.17) is 14.2 Å². The smallest absolute Gasteiger partial charge is 0.418 e. The Balaban J connectivity index is 1.61. The minimum Gasteiger partial charge on any atom is -0.497 e. The number of benzene rings is 2. The molecule has 1 fully saturated rings. The molecule has 2 aromatic rings. The van der Waals surface area contributed by atoms with Crippen molar-refractivity contribution in [2.75, 3.05) is 37.6 Å². The molecule has 0 aliphatic carbocycles. The fraction of sp³-hybridized carbons (Fsp3) is 0.318. The Morgan fingerprint density at radius 1 is 1.12 bits per heavy atom. The number of hydrogen-bond donors (Lipinski definition) is 1. The van der Waals surface area contributed by atoms with Crippen LogP contribution in [0.2, 0.25) is 0 Å². The lowest BCUT2D eigenvalue weighted by molar-refractivity contribution is -0.151. The van der Waals surface area contributed by atoms with E-state index in [9.17, 15) is 27.6 Å². The average molecular weight is 466 g/mol. The SMILES string of the molecule is COc1ccc(OC)c(N2C[C@@H](C(=O)OCC(=O)Nc3ccccc3C(F)(F)F)CC2=O)c1. The molecule has 3 rings (SSSR count). The third kappa shape index (κ3) is 5.54. The van der Waals surface area contributed by atoms with Gasteiger partial charge < -0.3 is 24.4 Å². The highest BCUT2D eigenvalue weighted by atomic mass is 19.4. The zero-order valence-electron chi connectivity index (χ0n) is 17.8. The van der Waals surface area contributed by atoms with Gasteiger partial charge in [0, 0.05) is 19.0 Å². The van der Waals surface area contributed by atoms with E-state index in [2.05, 4.69) is 5.32 Å². The molecule has 2 amide bonds. The third-order valence-corrected chi connectivity index (χ3v) is 4.99. The first-order valence-electron chi connectivity index (χ1n) is 9.79. The summed E-state index contributed by atoms with van der Waals surface area (Å²) in [5, 5.41) is 2.09. The number of carbonyl (C=O) groups is 3. The van der Waals surface area contributed by atoms with E-state index in [-0.39, 0.29) is 18.9 Å². The number of ether oxygens (including phenoxy) is 3. The van der Waals surface area contributed by atoms with Crippen molar-refractivity contribution in [3.05, 3.63) is 48.0 Å². The molecule has 8 nitrogen and oxygen atoms in total. The lowest BCUT2D eigenvalue weighted by atomic mass is 10.1. The zero-order chi connectivity index (χ0) is 24.2. The Bertz CT molecular complexity index is 1060. The highest BCUT2D eigenvalue weighted by molar-refractivity contribution is 6.01. The molecule has 0 spiro atoms. The molecule has 1 atom stereocenters. The van der Waals surface area contributed by atoms with Gasteiger partial charge in [-0.3, -0.25) is 14.4 Å². The first kappa shape index (κ1) is 23.9. The number of anilines is 2. The molecule has 1 heterocycles. The molecule has 1 aliphatic heterocycles. The molecule has 2 aromatic carbocycles. The number of carbonyl (C=O) groups excluding carboxylic acids is 3. The van der Waals surface area contributed by atoms with E-state index < -0.39 is 41.8 Å². The highest BCUT2D eigenvalue weighted by Gasteiger charge is 2.38. The molecule has 1 aliphatic rings. The molecule has 11 heteroatoms. The molecule has 0 unspecified atom stereocenters. The van der Waals surface area contributed by atoms with Crippen LogP contribution in [0.25, 0.3) is 0 Å². The van der Waals surface area contributed by atoms with Gasteiger partial charge in [0.15, 0.2) is 6.61 Å². The number of amides is 2. The summed E-state index contributed by atoms with van der Waals surface area (Å²) in [5.74, 6) is -2.07. The molecule has 33 heavy (non-hydrogen) atoms. The number of nitrogens with zero attached hydrogens (tertiary/aromatic N) is 1. The molecule has 176 valence electrons. The summed E-state index contributed by atoms with van der Waals surface area (Å²) >= 11 is 0. The molecular formula is C22H21F3N2O6. The molecule has 0 bridgehead atoms. The van der Waals surface area contributed by atoms with Crippen molar-refractivity contribution in [2.24, 2.45) is 5.92 Å². The van der Waals surface area contributed by atoms with Gasteiger partial charge in [0.1, 0.15) is 11.5 Å². The van der Waals surface area contributed by atoms with Crippen molar-refractivity contribution >= 4 is 29.2 Å². The number of hydrogen-bond acceptors (Lipinski definition) is 6. The maximum Gasteiger partial charge on any atom is 0.418 e. The van der Waals surface area contributed by atoms with Gasteiger partial charge in [-0.1, -0.05) is 12.1 Å². The van der Waals surface area contributed by atoms with Crippen LogP contribution < -0.4 is 19.7 Å². The number of esters is 1. The van der Waals surface area contributed by atoms with Crippen molar-refractivity contribution < 1.29 is 41.8 Å². The van der Waals surface area contributed by atoms with Gasteiger partial charge in [-0.05, 0) is 24.3 Å². The van der Waals surface area contributed by atoms with Crippen LogP contribution in [0.1, 0.15) is 12.0 Å². The van der Waals surface area contributed by atoms with Gasteiger partial charge >= 0.3 is 12.1 Å². The third-order valence-electron chi connectivity index (χ3n) is 4.99. The first-order chi connectivity index (χ1) is 15.6. The topological polar surface area (TPSA) is 94.2 Å². The predicted molar refractivity (Wildman–Crippen MR) is 111 cm³/mol. The average Bonchev–Trinajstić information content (AvgIpc) is 3.18.